The molecule has 1 fully saturated rings. The van der Waals surface area contributed by atoms with E-state index in [1.54, 1.807) is 7.11 Å². The summed E-state index contributed by atoms with van der Waals surface area (Å²) < 4.78 is 10.5. The number of carbonyl (C=O) groups excluding carboxylic acids is 2. The zero-order chi connectivity index (χ0) is 22.0. The Morgan fingerprint density at radius 1 is 1.16 bits per heavy atom. The van der Waals surface area contributed by atoms with Crippen LogP contribution in [-0.2, 0) is 14.3 Å². The maximum absolute atomic E-state index is 12.9. The van der Waals surface area contributed by atoms with E-state index in [-0.39, 0.29) is 12.3 Å². The van der Waals surface area contributed by atoms with Crippen LogP contribution in [0.3, 0.4) is 0 Å². The predicted molar refractivity (Wildman–Crippen MR) is 120 cm³/mol. The van der Waals surface area contributed by atoms with Gasteiger partial charge in [-0.25, -0.2) is 9.79 Å². The molecule has 1 aromatic carbocycles. The number of hydrogen-bond donors (Lipinski definition) is 0. The minimum atomic E-state index is -0.409. The predicted octanol–water partition coefficient (Wildman–Crippen LogP) is 3.85. The molecule has 0 saturated carbocycles. The Labute approximate surface area is 186 Å². The molecule has 1 saturated heterocycles. The van der Waals surface area contributed by atoms with Gasteiger partial charge in [-0.05, 0) is 42.4 Å². The van der Waals surface area contributed by atoms with E-state index in [0.717, 1.165) is 48.1 Å². The number of rotatable bonds is 6. The van der Waals surface area contributed by atoms with Gasteiger partial charge in [-0.15, -0.1) is 0 Å². The first-order valence-corrected chi connectivity index (χ1v) is 11.4. The highest BCUT2D eigenvalue weighted by Crippen LogP contribution is 2.45. The van der Waals surface area contributed by atoms with Crippen LogP contribution >= 0.6 is 11.8 Å². The number of fused-ring (bicyclic) bond motifs is 1. The molecule has 0 unspecified atom stereocenters. The molecule has 164 valence electrons. The van der Waals surface area contributed by atoms with Crippen LogP contribution < -0.4 is 4.74 Å². The van der Waals surface area contributed by atoms with Crippen LogP contribution in [0.5, 0.6) is 5.75 Å². The molecule has 1 amide bonds. The molecule has 0 aliphatic carbocycles. The largest absolute Gasteiger partial charge is 0.497 e. The van der Waals surface area contributed by atoms with Crippen LogP contribution in [0.1, 0.15) is 44.2 Å². The number of thioether (sulfide) groups is 1. The Bertz CT molecular complexity index is 962. The summed E-state index contributed by atoms with van der Waals surface area (Å²) >= 11 is 1.50. The fourth-order valence-electron chi connectivity index (χ4n) is 4.25. The summed E-state index contributed by atoms with van der Waals surface area (Å²) in [4.78, 5) is 34.4. The summed E-state index contributed by atoms with van der Waals surface area (Å²) in [6.07, 6.45) is 3.00. The maximum atomic E-state index is 12.9. The zero-order valence-electron chi connectivity index (χ0n) is 18.1. The first-order chi connectivity index (χ1) is 15.1. The van der Waals surface area contributed by atoms with Gasteiger partial charge < -0.3 is 19.3 Å². The maximum Gasteiger partial charge on any atom is 0.338 e. The Kier molecular flexibility index (Phi) is 6.36. The van der Waals surface area contributed by atoms with Crippen molar-refractivity contribution in [3.05, 3.63) is 52.2 Å². The van der Waals surface area contributed by atoms with Crippen molar-refractivity contribution in [1.29, 1.82) is 0 Å². The Balaban J connectivity index is 1.73. The molecular formula is C23H27N3O4S. The fourth-order valence-corrected chi connectivity index (χ4v) is 5.18. The second-order valence-corrected chi connectivity index (χ2v) is 8.47. The molecule has 0 radical (unpaired) electrons. The van der Waals surface area contributed by atoms with Gasteiger partial charge in [0.15, 0.2) is 5.17 Å². The quantitative estimate of drug-likeness (QED) is 0.625. The zero-order valence-corrected chi connectivity index (χ0v) is 18.9. The molecular weight excluding hydrogens is 414 g/mol. The molecule has 3 aliphatic rings. The number of methoxy groups -OCH3 is 2. The van der Waals surface area contributed by atoms with Gasteiger partial charge in [0, 0.05) is 18.8 Å². The molecule has 3 aliphatic heterocycles. The Morgan fingerprint density at radius 3 is 2.48 bits per heavy atom. The second-order valence-electron chi connectivity index (χ2n) is 7.64. The molecule has 0 bridgehead atoms. The number of hydrogen-bond acceptors (Lipinski definition) is 7. The van der Waals surface area contributed by atoms with Gasteiger partial charge in [-0.3, -0.25) is 4.79 Å². The number of benzene rings is 1. The van der Waals surface area contributed by atoms with Crippen LogP contribution in [-0.4, -0.2) is 54.2 Å². The number of allylic oxidation sites excluding steroid dienone is 1. The summed E-state index contributed by atoms with van der Waals surface area (Å²) in [6.45, 7) is 3.61. The van der Waals surface area contributed by atoms with Crippen LogP contribution in [0.4, 0.5) is 0 Å². The minimum Gasteiger partial charge on any atom is -0.497 e. The van der Waals surface area contributed by atoms with Gasteiger partial charge in [0.1, 0.15) is 5.75 Å². The number of nitrogens with zero attached hydrogens (tertiary/aromatic N) is 3. The lowest BCUT2D eigenvalue weighted by Crippen LogP contribution is -2.38. The topological polar surface area (TPSA) is 71.4 Å². The van der Waals surface area contributed by atoms with Crippen molar-refractivity contribution in [2.45, 2.75) is 38.6 Å². The highest BCUT2D eigenvalue weighted by atomic mass is 32.2. The highest BCUT2D eigenvalue weighted by Gasteiger charge is 2.41. The number of esters is 1. The number of aliphatic imine (C=N–C) groups is 1. The van der Waals surface area contributed by atoms with Crippen molar-refractivity contribution in [2.24, 2.45) is 4.99 Å². The van der Waals surface area contributed by atoms with Crippen LogP contribution in [0, 0.1) is 0 Å². The van der Waals surface area contributed by atoms with Gasteiger partial charge in [-0.2, -0.15) is 0 Å². The van der Waals surface area contributed by atoms with Gasteiger partial charge in [-0.1, -0.05) is 30.8 Å². The smallest absolute Gasteiger partial charge is 0.338 e. The van der Waals surface area contributed by atoms with Gasteiger partial charge >= 0.3 is 5.97 Å². The van der Waals surface area contributed by atoms with Crippen molar-refractivity contribution < 1.29 is 19.1 Å². The number of ether oxygens (including phenoxy) is 2. The molecule has 1 atom stereocenters. The van der Waals surface area contributed by atoms with Crippen LogP contribution in [0.25, 0.3) is 0 Å². The van der Waals surface area contributed by atoms with Crippen molar-refractivity contribution in [3.63, 3.8) is 0 Å². The first-order valence-electron chi connectivity index (χ1n) is 10.5. The third kappa shape index (κ3) is 4.08. The average molecular weight is 442 g/mol. The van der Waals surface area contributed by atoms with Crippen molar-refractivity contribution in [3.8, 4) is 5.75 Å². The van der Waals surface area contributed by atoms with E-state index in [2.05, 4.69) is 0 Å². The molecule has 0 N–H and O–H groups in total. The monoisotopic (exact) mass is 441 g/mol. The number of carbonyl (C=O) groups is 2. The SMILES string of the molecule is CCC1=C(C(=O)OC)[C@H](c2ccc(OC)cc2)N2C(CC(=O)N3CCCC3)=CSC2=N1. The highest BCUT2D eigenvalue weighted by molar-refractivity contribution is 8.16. The van der Waals surface area contributed by atoms with E-state index >= 15 is 0 Å². The number of amides is 1. The third-order valence-electron chi connectivity index (χ3n) is 5.85. The number of likely N-dealkylation sites (tertiary alicyclic amines) is 1. The molecule has 7 nitrogen and oxygen atoms in total. The van der Waals surface area contributed by atoms with Crippen molar-refractivity contribution >= 4 is 28.8 Å². The molecule has 8 heteroatoms. The van der Waals surface area contributed by atoms with Gasteiger partial charge in [0.25, 0.3) is 0 Å². The molecule has 0 spiro atoms. The lowest BCUT2D eigenvalue weighted by atomic mass is 9.92. The summed E-state index contributed by atoms with van der Waals surface area (Å²) in [6, 6.07) is 7.25. The summed E-state index contributed by atoms with van der Waals surface area (Å²) in [7, 11) is 3.01. The standard InChI is InChI=1S/C23H27N3O4S/c1-4-18-20(22(28)30-3)21(15-7-9-17(29-2)10-8-15)26-16(14-31-23(26)24-18)13-19(27)25-11-5-6-12-25/h7-10,14,21H,4-6,11-13H2,1-3H3/t21-/m0/s1. The van der Waals surface area contributed by atoms with Crippen LogP contribution in [0.2, 0.25) is 0 Å². The normalized spacial score (nSPS) is 20.4. The summed E-state index contributed by atoms with van der Waals surface area (Å²) in [5.74, 6) is 0.454. The Morgan fingerprint density at radius 2 is 1.87 bits per heavy atom. The Hall–Kier alpha value is -2.74. The first kappa shape index (κ1) is 21.5. The molecule has 0 aromatic heterocycles. The fraction of sp³-hybridized carbons (Fsp3) is 0.435. The average Bonchev–Trinajstić information content (AvgIpc) is 3.48. The van der Waals surface area contributed by atoms with E-state index in [1.807, 2.05) is 46.4 Å². The van der Waals surface area contributed by atoms with Crippen molar-refractivity contribution in [2.75, 3.05) is 27.3 Å². The van der Waals surface area contributed by atoms with Gasteiger partial charge in [0.2, 0.25) is 5.91 Å². The molecule has 3 heterocycles. The summed E-state index contributed by atoms with van der Waals surface area (Å²) in [5.41, 5.74) is 3.01. The second kappa shape index (κ2) is 9.18. The minimum absolute atomic E-state index is 0.115. The molecule has 4 rings (SSSR count). The molecule has 31 heavy (non-hydrogen) atoms. The third-order valence-corrected chi connectivity index (χ3v) is 6.74. The lowest BCUT2D eigenvalue weighted by Gasteiger charge is -2.36. The van der Waals surface area contributed by atoms with Gasteiger partial charge in [0.05, 0.1) is 38.0 Å². The van der Waals surface area contributed by atoms with Crippen molar-refractivity contribution in [1.82, 2.24) is 9.80 Å². The molecule has 1 aromatic rings. The van der Waals surface area contributed by atoms with E-state index in [1.165, 1.54) is 18.9 Å². The van der Waals surface area contributed by atoms with E-state index in [0.29, 0.717) is 17.7 Å². The van der Waals surface area contributed by atoms with E-state index in [4.69, 9.17) is 14.5 Å². The van der Waals surface area contributed by atoms with E-state index < -0.39 is 12.0 Å². The van der Waals surface area contributed by atoms with Crippen LogP contribution in [0.15, 0.2) is 51.6 Å². The summed E-state index contributed by atoms with van der Waals surface area (Å²) in [5, 5.41) is 2.77. The lowest BCUT2D eigenvalue weighted by molar-refractivity contribution is -0.136. The van der Waals surface area contributed by atoms with E-state index in [9.17, 15) is 9.59 Å². The number of amidine groups is 1.